The summed E-state index contributed by atoms with van der Waals surface area (Å²) in [6, 6.07) is 3.68. The molecule has 4 amide bonds. The molecular formula is C13H19N5O3. The highest BCUT2D eigenvalue weighted by molar-refractivity contribution is 5.97. The van der Waals surface area contributed by atoms with Crippen LogP contribution in [0.25, 0.3) is 0 Å². The first-order valence-electron chi connectivity index (χ1n) is 6.33. The molecule has 21 heavy (non-hydrogen) atoms. The molecule has 1 atom stereocenters. The number of pyridine rings is 1. The number of likely N-dealkylation sites (N-methyl/N-ethyl adjacent to an activating group) is 1. The third kappa shape index (κ3) is 5.57. The second-order valence-corrected chi connectivity index (χ2v) is 4.66. The third-order valence-corrected chi connectivity index (χ3v) is 2.84. The normalized spacial score (nSPS) is 11.8. The minimum Gasteiger partial charge on any atom is -0.351 e. The Morgan fingerprint density at radius 2 is 2.05 bits per heavy atom. The van der Waals surface area contributed by atoms with Gasteiger partial charge in [-0.2, -0.15) is 0 Å². The lowest BCUT2D eigenvalue weighted by atomic mass is 10.2. The quantitative estimate of drug-likeness (QED) is 0.697. The average molecular weight is 293 g/mol. The van der Waals surface area contributed by atoms with Gasteiger partial charge in [-0.1, -0.05) is 6.07 Å². The molecule has 4 N–H and O–H groups in total. The van der Waals surface area contributed by atoms with E-state index in [2.05, 4.69) is 10.3 Å². The lowest BCUT2D eigenvalue weighted by Crippen LogP contribution is -2.48. The highest BCUT2D eigenvalue weighted by Gasteiger charge is 2.21. The fourth-order valence-electron chi connectivity index (χ4n) is 1.58. The molecule has 1 rings (SSSR count). The monoisotopic (exact) mass is 293 g/mol. The Balaban J connectivity index is 2.53. The maximum Gasteiger partial charge on any atom is 0.318 e. The second-order valence-electron chi connectivity index (χ2n) is 4.66. The van der Waals surface area contributed by atoms with Gasteiger partial charge >= 0.3 is 6.03 Å². The van der Waals surface area contributed by atoms with Crippen LogP contribution in [0.2, 0.25) is 0 Å². The minimum atomic E-state index is -0.923. The summed E-state index contributed by atoms with van der Waals surface area (Å²) in [6.45, 7) is 3.36. The zero-order valence-corrected chi connectivity index (χ0v) is 12.2. The van der Waals surface area contributed by atoms with Crippen LogP contribution < -0.4 is 16.4 Å². The number of urea groups is 1. The minimum absolute atomic E-state index is 0.0248. The van der Waals surface area contributed by atoms with Crippen molar-refractivity contribution in [3.05, 3.63) is 23.9 Å². The van der Waals surface area contributed by atoms with E-state index in [9.17, 15) is 14.4 Å². The van der Waals surface area contributed by atoms with Gasteiger partial charge in [-0.05, 0) is 33.0 Å². The summed E-state index contributed by atoms with van der Waals surface area (Å²) < 4.78 is 0. The van der Waals surface area contributed by atoms with Gasteiger partial charge in [0, 0.05) is 5.69 Å². The number of nitrogens with two attached hydrogens (primary N) is 1. The summed E-state index contributed by atoms with van der Waals surface area (Å²) in [5.74, 6) is -0.427. The predicted octanol–water partition coefficient (Wildman–Crippen LogP) is -0.156. The number of aromatic nitrogens is 1. The van der Waals surface area contributed by atoms with Crippen molar-refractivity contribution in [3.8, 4) is 0 Å². The van der Waals surface area contributed by atoms with Crippen LogP contribution in [0.5, 0.6) is 0 Å². The summed E-state index contributed by atoms with van der Waals surface area (Å²) in [5.41, 5.74) is 5.66. The van der Waals surface area contributed by atoms with Gasteiger partial charge in [0.2, 0.25) is 11.8 Å². The molecule has 0 saturated heterocycles. The summed E-state index contributed by atoms with van der Waals surface area (Å²) in [5, 5.41) is 4.60. The predicted molar refractivity (Wildman–Crippen MR) is 77.4 cm³/mol. The van der Waals surface area contributed by atoms with Gasteiger partial charge < -0.3 is 11.1 Å². The molecule has 0 aromatic carbocycles. The van der Waals surface area contributed by atoms with Gasteiger partial charge in [-0.3, -0.25) is 19.8 Å². The number of amides is 4. The van der Waals surface area contributed by atoms with E-state index in [0.717, 1.165) is 5.69 Å². The van der Waals surface area contributed by atoms with Crippen LogP contribution in [0.3, 0.4) is 0 Å². The zero-order chi connectivity index (χ0) is 16.0. The molecule has 1 aromatic rings. The van der Waals surface area contributed by atoms with Crippen molar-refractivity contribution >= 4 is 23.7 Å². The number of imide groups is 1. The van der Waals surface area contributed by atoms with Crippen molar-refractivity contribution in [1.82, 2.24) is 15.2 Å². The molecule has 0 saturated carbocycles. The van der Waals surface area contributed by atoms with Gasteiger partial charge in [0.1, 0.15) is 5.82 Å². The fraction of sp³-hybridized carbons (Fsp3) is 0.385. The Morgan fingerprint density at radius 1 is 1.38 bits per heavy atom. The standard InChI is InChI=1S/C13H19N5O3/c1-8-5-4-6-10(15-8)16-11(19)7-18(3)9(2)12(20)17-13(14)21/h4-6,9H,7H2,1-3H3,(H,15,16,19)(H3,14,17,20,21)/t9-/m0/s1. The first-order chi connectivity index (χ1) is 9.79. The van der Waals surface area contributed by atoms with E-state index in [1.54, 1.807) is 26.1 Å². The summed E-state index contributed by atoms with van der Waals surface area (Å²) in [4.78, 5) is 39.7. The van der Waals surface area contributed by atoms with Crippen LogP contribution in [-0.2, 0) is 9.59 Å². The summed E-state index contributed by atoms with van der Waals surface area (Å²) in [6.07, 6.45) is 0. The number of rotatable bonds is 5. The van der Waals surface area contributed by atoms with Gasteiger partial charge in [0.15, 0.2) is 0 Å². The molecule has 0 fully saturated rings. The summed E-state index contributed by atoms with van der Waals surface area (Å²) >= 11 is 0. The molecule has 8 heteroatoms. The molecule has 1 heterocycles. The van der Waals surface area contributed by atoms with Crippen molar-refractivity contribution < 1.29 is 14.4 Å². The molecule has 8 nitrogen and oxygen atoms in total. The molecule has 0 spiro atoms. The Morgan fingerprint density at radius 3 is 2.62 bits per heavy atom. The van der Waals surface area contributed by atoms with Crippen LogP contribution in [0.15, 0.2) is 18.2 Å². The lowest BCUT2D eigenvalue weighted by molar-refractivity contribution is -0.125. The van der Waals surface area contributed by atoms with Crippen LogP contribution in [0.4, 0.5) is 10.6 Å². The molecule has 0 radical (unpaired) electrons. The maximum absolute atomic E-state index is 11.9. The van der Waals surface area contributed by atoms with Crippen LogP contribution in [0, 0.1) is 6.92 Å². The van der Waals surface area contributed by atoms with Crippen molar-refractivity contribution in [1.29, 1.82) is 0 Å². The second kappa shape index (κ2) is 7.34. The molecular weight excluding hydrogens is 274 g/mol. The zero-order valence-electron chi connectivity index (χ0n) is 12.2. The number of hydrogen-bond acceptors (Lipinski definition) is 5. The SMILES string of the molecule is Cc1cccc(NC(=O)CN(C)[C@@H](C)C(=O)NC(N)=O)n1. The van der Waals surface area contributed by atoms with Crippen molar-refractivity contribution in [3.63, 3.8) is 0 Å². The van der Waals surface area contributed by atoms with Crippen LogP contribution >= 0.6 is 0 Å². The van der Waals surface area contributed by atoms with Crippen molar-refractivity contribution in [2.45, 2.75) is 19.9 Å². The number of nitrogens with zero attached hydrogens (tertiary/aromatic N) is 2. The number of carbonyl (C=O) groups is 3. The topological polar surface area (TPSA) is 117 Å². The molecule has 1 aromatic heterocycles. The molecule has 0 bridgehead atoms. The van der Waals surface area contributed by atoms with Crippen LogP contribution in [0.1, 0.15) is 12.6 Å². The van der Waals surface area contributed by atoms with Crippen LogP contribution in [-0.4, -0.2) is 47.4 Å². The van der Waals surface area contributed by atoms with E-state index in [1.165, 1.54) is 4.90 Å². The Hall–Kier alpha value is -2.48. The number of anilines is 1. The smallest absolute Gasteiger partial charge is 0.318 e. The Labute approximate surface area is 122 Å². The van der Waals surface area contributed by atoms with Crippen molar-refractivity contribution in [2.24, 2.45) is 5.73 Å². The van der Waals surface area contributed by atoms with Gasteiger partial charge in [0.05, 0.1) is 12.6 Å². The maximum atomic E-state index is 11.9. The Bertz CT molecular complexity index is 546. The number of aryl methyl sites for hydroxylation is 1. The first-order valence-corrected chi connectivity index (χ1v) is 6.33. The van der Waals surface area contributed by atoms with E-state index in [0.29, 0.717) is 5.82 Å². The Kier molecular flexibility index (Phi) is 5.79. The summed E-state index contributed by atoms with van der Waals surface area (Å²) in [7, 11) is 1.59. The van der Waals surface area contributed by atoms with Crippen molar-refractivity contribution in [2.75, 3.05) is 18.9 Å². The number of primary amides is 1. The third-order valence-electron chi connectivity index (χ3n) is 2.84. The molecule has 0 aliphatic rings. The molecule has 0 aliphatic heterocycles. The van der Waals surface area contributed by atoms with E-state index in [4.69, 9.17) is 5.73 Å². The number of carbonyl (C=O) groups excluding carboxylic acids is 3. The van der Waals surface area contributed by atoms with E-state index >= 15 is 0 Å². The molecule has 0 aliphatic carbocycles. The first kappa shape index (κ1) is 16.6. The van der Waals surface area contributed by atoms with E-state index < -0.39 is 18.0 Å². The van der Waals surface area contributed by atoms with Gasteiger partial charge in [0.25, 0.3) is 0 Å². The number of nitrogens with one attached hydrogen (secondary N) is 2. The molecule has 114 valence electrons. The lowest BCUT2D eigenvalue weighted by Gasteiger charge is -2.22. The molecule has 0 unspecified atom stereocenters. The van der Waals surface area contributed by atoms with Gasteiger partial charge in [-0.25, -0.2) is 9.78 Å². The largest absolute Gasteiger partial charge is 0.351 e. The van der Waals surface area contributed by atoms with E-state index in [-0.39, 0.29) is 12.5 Å². The van der Waals surface area contributed by atoms with Gasteiger partial charge in [-0.15, -0.1) is 0 Å². The number of hydrogen-bond donors (Lipinski definition) is 3. The highest BCUT2D eigenvalue weighted by atomic mass is 16.2. The fourth-order valence-corrected chi connectivity index (χ4v) is 1.58. The highest BCUT2D eigenvalue weighted by Crippen LogP contribution is 2.04. The average Bonchev–Trinajstić information content (AvgIpc) is 2.36. The van der Waals surface area contributed by atoms with E-state index in [1.807, 2.05) is 18.3 Å².